The Bertz CT molecular complexity index is 1340. The first-order valence-electron chi connectivity index (χ1n) is 10.8. The summed E-state index contributed by atoms with van der Waals surface area (Å²) in [5, 5.41) is 0. The van der Waals surface area contributed by atoms with Crippen molar-refractivity contribution in [1.82, 2.24) is 0 Å². The third-order valence-corrected chi connectivity index (χ3v) is 6.34. The Morgan fingerprint density at radius 2 is 1.24 bits per heavy atom. The third-order valence-electron chi connectivity index (χ3n) is 6.34. The molecule has 1 fully saturated rings. The van der Waals surface area contributed by atoms with Crippen LogP contribution in [0.25, 0.3) is 0 Å². The van der Waals surface area contributed by atoms with Crippen LogP contribution >= 0.6 is 0 Å². The van der Waals surface area contributed by atoms with Gasteiger partial charge in [0.2, 0.25) is 11.8 Å². The molecule has 3 aromatic carbocycles. The van der Waals surface area contributed by atoms with Crippen molar-refractivity contribution in [3.8, 4) is 0 Å². The van der Waals surface area contributed by atoms with Gasteiger partial charge in [-0.3, -0.25) is 24.1 Å². The second-order valence-corrected chi connectivity index (χ2v) is 8.70. The quantitative estimate of drug-likeness (QED) is 0.566. The lowest BCUT2D eigenvalue weighted by Gasteiger charge is -2.16. The zero-order valence-electron chi connectivity index (χ0n) is 18.6. The van der Waals surface area contributed by atoms with E-state index in [0.29, 0.717) is 28.1 Å². The van der Waals surface area contributed by atoms with Crippen LogP contribution in [0, 0.1) is 20.8 Å². The van der Waals surface area contributed by atoms with Gasteiger partial charge in [0.05, 0.1) is 28.4 Å². The summed E-state index contributed by atoms with van der Waals surface area (Å²) < 4.78 is 0. The number of benzene rings is 3. The number of rotatable bonds is 3. The zero-order chi connectivity index (χ0) is 23.4. The molecular weight excluding hydrogens is 416 g/mol. The number of fused-ring (bicyclic) bond motifs is 1. The molecule has 2 aliphatic rings. The fourth-order valence-corrected chi connectivity index (χ4v) is 4.58. The van der Waals surface area contributed by atoms with Crippen LogP contribution in [0.1, 0.15) is 55.3 Å². The van der Waals surface area contributed by atoms with E-state index >= 15 is 0 Å². The van der Waals surface area contributed by atoms with E-state index in [-0.39, 0.29) is 29.7 Å². The molecule has 1 unspecified atom stereocenters. The van der Waals surface area contributed by atoms with Crippen molar-refractivity contribution in [3.05, 3.63) is 94.0 Å². The topological polar surface area (TPSA) is 74.8 Å². The van der Waals surface area contributed by atoms with E-state index in [1.165, 1.54) is 9.80 Å². The highest BCUT2D eigenvalue weighted by Gasteiger charge is 2.43. The van der Waals surface area contributed by atoms with E-state index in [1.807, 2.05) is 38.1 Å². The van der Waals surface area contributed by atoms with E-state index in [1.54, 1.807) is 43.3 Å². The van der Waals surface area contributed by atoms with Crippen LogP contribution in [0.4, 0.5) is 11.4 Å². The Kier molecular flexibility index (Phi) is 4.74. The molecule has 0 aromatic heterocycles. The number of hydrogen-bond acceptors (Lipinski definition) is 4. The minimum absolute atomic E-state index is 0.0226. The summed E-state index contributed by atoms with van der Waals surface area (Å²) >= 11 is 0. The largest absolute Gasteiger partial charge is 0.274 e. The van der Waals surface area contributed by atoms with Crippen LogP contribution in [0.5, 0.6) is 0 Å². The molecule has 0 N–H and O–H groups in total. The molecule has 1 atom stereocenters. The molecule has 3 aromatic rings. The second-order valence-electron chi connectivity index (χ2n) is 8.70. The first kappa shape index (κ1) is 20.8. The van der Waals surface area contributed by atoms with Crippen molar-refractivity contribution >= 4 is 35.0 Å². The van der Waals surface area contributed by atoms with Crippen LogP contribution in [0.15, 0.2) is 60.7 Å². The molecule has 4 amide bonds. The van der Waals surface area contributed by atoms with Gasteiger partial charge in [-0.05, 0) is 62.2 Å². The maximum absolute atomic E-state index is 13.2. The summed E-state index contributed by atoms with van der Waals surface area (Å²) in [7, 11) is 0. The first-order chi connectivity index (χ1) is 15.8. The van der Waals surface area contributed by atoms with Gasteiger partial charge in [-0.25, -0.2) is 4.90 Å². The van der Waals surface area contributed by atoms with E-state index in [0.717, 1.165) is 11.1 Å². The number of imide groups is 2. The molecule has 0 aliphatic carbocycles. The van der Waals surface area contributed by atoms with Gasteiger partial charge in [-0.15, -0.1) is 0 Å². The van der Waals surface area contributed by atoms with E-state index in [4.69, 9.17) is 0 Å². The first-order valence-corrected chi connectivity index (χ1v) is 10.8. The summed E-state index contributed by atoms with van der Waals surface area (Å²) in [6, 6.07) is 17.7. The lowest BCUT2D eigenvalue weighted by Crippen LogP contribution is -2.30. The summed E-state index contributed by atoms with van der Waals surface area (Å²) in [5.41, 5.74) is 4.90. The molecule has 0 spiro atoms. The molecule has 2 aliphatic heterocycles. The predicted molar refractivity (Wildman–Crippen MR) is 125 cm³/mol. The molecule has 33 heavy (non-hydrogen) atoms. The van der Waals surface area contributed by atoms with Crippen LogP contribution in [0.3, 0.4) is 0 Å². The van der Waals surface area contributed by atoms with Gasteiger partial charge in [-0.2, -0.15) is 0 Å². The fraction of sp³-hybridized carbons (Fsp3) is 0.185. The van der Waals surface area contributed by atoms with Gasteiger partial charge in [-0.1, -0.05) is 41.5 Å². The molecule has 2 heterocycles. The number of carbonyl (C=O) groups excluding carboxylic acids is 4. The van der Waals surface area contributed by atoms with E-state index in [2.05, 4.69) is 0 Å². The molecule has 5 rings (SSSR count). The lowest BCUT2D eigenvalue weighted by molar-refractivity contribution is -0.121. The average Bonchev–Trinajstić information content (AvgIpc) is 3.22. The van der Waals surface area contributed by atoms with Crippen molar-refractivity contribution in [1.29, 1.82) is 0 Å². The lowest BCUT2D eigenvalue weighted by atomic mass is 9.91. The van der Waals surface area contributed by atoms with Gasteiger partial charge in [0.15, 0.2) is 0 Å². The maximum atomic E-state index is 13.2. The molecule has 0 saturated carbocycles. The fourth-order valence-electron chi connectivity index (χ4n) is 4.58. The number of aryl methyl sites for hydroxylation is 3. The summed E-state index contributed by atoms with van der Waals surface area (Å²) in [6.45, 7) is 5.62. The molecule has 0 bridgehead atoms. The highest BCUT2D eigenvalue weighted by molar-refractivity contribution is 6.35. The molecule has 6 heteroatoms. The average molecular weight is 438 g/mol. The van der Waals surface area contributed by atoms with E-state index < -0.39 is 11.8 Å². The predicted octanol–water partition coefficient (Wildman–Crippen LogP) is 4.46. The molecular formula is C27H22N2O4. The minimum atomic E-state index is -0.695. The number of nitrogens with zero attached hydrogens (tertiary/aromatic N) is 2. The van der Waals surface area contributed by atoms with Crippen molar-refractivity contribution in [2.75, 3.05) is 9.80 Å². The maximum Gasteiger partial charge on any atom is 0.266 e. The number of amides is 4. The molecule has 164 valence electrons. The molecule has 0 radical (unpaired) electrons. The minimum Gasteiger partial charge on any atom is -0.274 e. The van der Waals surface area contributed by atoms with Gasteiger partial charge >= 0.3 is 0 Å². The van der Waals surface area contributed by atoms with Gasteiger partial charge < -0.3 is 0 Å². The Morgan fingerprint density at radius 1 is 0.697 bits per heavy atom. The van der Waals surface area contributed by atoms with Gasteiger partial charge in [0, 0.05) is 6.42 Å². The standard InChI is InChI=1S/C27H22N2O4/c1-15-4-8-19(9-5-15)28-23(30)14-21(25(28)31)18-12-17(3)24-22(13-18)26(32)29(27(24)33)20-10-6-16(2)7-11-20/h4-13,21H,14H2,1-3H3. The van der Waals surface area contributed by atoms with Crippen molar-refractivity contribution in [2.45, 2.75) is 33.1 Å². The van der Waals surface area contributed by atoms with Crippen LogP contribution in [-0.2, 0) is 9.59 Å². The monoisotopic (exact) mass is 438 g/mol. The Balaban J connectivity index is 1.51. The second kappa shape index (κ2) is 7.52. The van der Waals surface area contributed by atoms with Crippen molar-refractivity contribution in [3.63, 3.8) is 0 Å². The van der Waals surface area contributed by atoms with E-state index in [9.17, 15) is 19.2 Å². The van der Waals surface area contributed by atoms with Gasteiger partial charge in [0.25, 0.3) is 11.8 Å². The van der Waals surface area contributed by atoms with Crippen molar-refractivity contribution < 1.29 is 19.2 Å². The van der Waals surface area contributed by atoms with Crippen LogP contribution in [-0.4, -0.2) is 23.6 Å². The number of hydrogen-bond donors (Lipinski definition) is 0. The van der Waals surface area contributed by atoms with Crippen LogP contribution < -0.4 is 9.80 Å². The SMILES string of the molecule is Cc1ccc(N2C(=O)c3cc(C4CC(=O)N(c5ccc(C)cc5)C4=O)cc(C)c3C2=O)cc1. The highest BCUT2D eigenvalue weighted by atomic mass is 16.2. The third kappa shape index (κ3) is 3.26. The summed E-state index contributed by atoms with van der Waals surface area (Å²) in [6.07, 6.45) is 0.0226. The summed E-state index contributed by atoms with van der Waals surface area (Å²) in [4.78, 5) is 54.6. The number of anilines is 2. The smallest absolute Gasteiger partial charge is 0.266 e. The van der Waals surface area contributed by atoms with Crippen LogP contribution in [0.2, 0.25) is 0 Å². The summed E-state index contributed by atoms with van der Waals surface area (Å²) in [5.74, 6) is -2.10. The Hall–Kier alpha value is -4.06. The number of carbonyl (C=O) groups is 4. The zero-order valence-corrected chi connectivity index (χ0v) is 18.6. The Labute approximate surface area is 191 Å². The van der Waals surface area contributed by atoms with Gasteiger partial charge in [0.1, 0.15) is 0 Å². The normalized spacial score (nSPS) is 17.8. The molecule has 1 saturated heterocycles. The van der Waals surface area contributed by atoms with Crippen molar-refractivity contribution in [2.24, 2.45) is 0 Å². The molecule has 6 nitrogen and oxygen atoms in total. The highest BCUT2D eigenvalue weighted by Crippen LogP contribution is 2.37. The Morgan fingerprint density at radius 3 is 1.82 bits per heavy atom.